The molecule has 1 heterocycles. The van der Waals surface area contributed by atoms with Gasteiger partial charge in [-0.05, 0) is 18.8 Å². The molecule has 0 amide bonds. The van der Waals surface area contributed by atoms with Gasteiger partial charge < -0.3 is 0 Å². The Morgan fingerprint density at radius 3 is 2.81 bits per heavy atom. The van der Waals surface area contributed by atoms with E-state index in [4.69, 9.17) is 5.26 Å². The first-order valence-corrected chi connectivity index (χ1v) is 6.42. The molecule has 6 nitrogen and oxygen atoms in total. The van der Waals surface area contributed by atoms with Gasteiger partial charge in [0.2, 0.25) is 10.0 Å². The average molecular weight is 240 g/mol. The van der Waals surface area contributed by atoms with Crippen molar-refractivity contribution in [3.05, 3.63) is 12.4 Å². The zero-order valence-corrected chi connectivity index (χ0v) is 9.61. The Hall–Kier alpha value is -1.39. The fourth-order valence-electron chi connectivity index (χ4n) is 1.43. The summed E-state index contributed by atoms with van der Waals surface area (Å²) in [5.41, 5.74) is 0. The third-order valence-electron chi connectivity index (χ3n) is 2.51. The molecule has 1 saturated carbocycles. The van der Waals surface area contributed by atoms with Gasteiger partial charge in [0.1, 0.15) is 10.9 Å². The number of sulfonamides is 1. The second kappa shape index (κ2) is 3.88. The van der Waals surface area contributed by atoms with Crippen molar-refractivity contribution in [1.82, 2.24) is 14.5 Å². The number of aromatic nitrogens is 2. The lowest BCUT2D eigenvalue weighted by molar-refractivity contribution is 0.560. The molecule has 1 aliphatic rings. The normalized spacial score (nSPS) is 18.0. The minimum Gasteiger partial charge on any atom is -0.274 e. The largest absolute Gasteiger partial charge is 0.274 e. The van der Waals surface area contributed by atoms with E-state index in [0.717, 1.165) is 12.8 Å². The minimum absolute atomic E-state index is 0.0934. The molecule has 0 radical (unpaired) electrons. The lowest BCUT2D eigenvalue weighted by Gasteiger charge is -2.09. The van der Waals surface area contributed by atoms with E-state index in [1.807, 2.05) is 6.07 Å². The number of aryl methyl sites for hydroxylation is 1. The predicted molar refractivity (Wildman–Crippen MR) is 55.7 cm³/mol. The quantitative estimate of drug-likeness (QED) is 0.802. The second-order valence-electron chi connectivity index (χ2n) is 3.92. The summed E-state index contributed by atoms with van der Waals surface area (Å²) in [7, 11) is -1.97. The molecular weight excluding hydrogens is 228 g/mol. The van der Waals surface area contributed by atoms with Gasteiger partial charge in [-0.1, -0.05) is 0 Å². The Labute approximate surface area is 93.9 Å². The van der Waals surface area contributed by atoms with E-state index in [-0.39, 0.29) is 10.8 Å². The van der Waals surface area contributed by atoms with Crippen molar-refractivity contribution >= 4 is 10.0 Å². The maximum absolute atomic E-state index is 11.8. The van der Waals surface area contributed by atoms with Gasteiger partial charge in [-0.15, -0.1) is 0 Å². The third kappa shape index (κ3) is 2.23. The fraction of sp³-hybridized carbons (Fsp3) is 0.556. The molecule has 1 N–H and O–H groups in total. The zero-order chi connectivity index (χ0) is 11.8. The average Bonchev–Trinajstić information content (AvgIpc) is 2.97. The Morgan fingerprint density at radius 2 is 2.38 bits per heavy atom. The highest BCUT2D eigenvalue weighted by molar-refractivity contribution is 7.89. The molecule has 86 valence electrons. The predicted octanol–water partition coefficient (Wildman–Crippen LogP) is 0.000580. The molecule has 2 rings (SSSR count). The summed E-state index contributed by atoms with van der Waals surface area (Å²) in [4.78, 5) is 0.0934. The topological polar surface area (TPSA) is 87.8 Å². The lowest BCUT2D eigenvalue weighted by atomic mass is 10.2. The van der Waals surface area contributed by atoms with Crippen molar-refractivity contribution in [3.63, 3.8) is 0 Å². The van der Waals surface area contributed by atoms with Crippen LogP contribution < -0.4 is 4.72 Å². The van der Waals surface area contributed by atoms with Gasteiger partial charge >= 0.3 is 0 Å². The first-order valence-electron chi connectivity index (χ1n) is 4.93. The number of rotatable bonds is 4. The van der Waals surface area contributed by atoms with Crippen LogP contribution in [-0.2, 0) is 17.1 Å². The van der Waals surface area contributed by atoms with Crippen LogP contribution in [0.3, 0.4) is 0 Å². The van der Waals surface area contributed by atoms with Crippen LogP contribution in [0.1, 0.15) is 12.8 Å². The number of hydrogen-bond acceptors (Lipinski definition) is 4. The summed E-state index contributed by atoms with van der Waals surface area (Å²) >= 11 is 0. The summed E-state index contributed by atoms with van der Waals surface area (Å²) in [5, 5.41) is 12.6. The van der Waals surface area contributed by atoms with Crippen molar-refractivity contribution in [1.29, 1.82) is 5.26 Å². The SMILES string of the molecule is Cn1cc(S(=O)(=O)NC(C#N)C2CC2)cn1. The van der Waals surface area contributed by atoms with Gasteiger partial charge in [0, 0.05) is 13.2 Å². The van der Waals surface area contributed by atoms with Gasteiger partial charge in [0.15, 0.2) is 0 Å². The van der Waals surface area contributed by atoms with Gasteiger partial charge in [-0.25, -0.2) is 8.42 Å². The number of hydrogen-bond donors (Lipinski definition) is 1. The number of nitriles is 1. The second-order valence-corrected chi connectivity index (χ2v) is 5.63. The van der Waals surface area contributed by atoms with E-state index < -0.39 is 16.1 Å². The van der Waals surface area contributed by atoms with Crippen LogP contribution in [0, 0.1) is 17.2 Å². The molecule has 1 atom stereocenters. The molecule has 1 fully saturated rings. The summed E-state index contributed by atoms with van der Waals surface area (Å²) in [6.07, 6.45) is 4.49. The number of nitrogens with zero attached hydrogens (tertiary/aromatic N) is 3. The lowest BCUT2D eigenvalue weighted by Crippen LogP contribution is -2.35. The maximum atomic E-state index is 11.8. The van der Waals surface area contributed by atoms with Crippen LogP contribution in [0.2, 0.25) is 0 Å². The van der Waals surface area contributed by atoms with Gasteiger partial charge in [0.05, 0.1) is 12.3 Å². The monoisotopic (exact) mass is 240 g/mol. The first-order chi connectivity index (χ1) is 7.53. The van der Waals surface area contributed by atoms with Gasteiger partial charge in [-0.3, -0.25) is 4.68 Å². The van der Waals surface area contributed by atoms with E-state index in [1.165, 1.54) is 17.1 Å². The van der Waals surface area contributed by atoms with Crippen molar-refractivity contribution in [2.45, 2.75) is 23.8 Å². The highest BCUT2D eigenvalue weighted by atomic mass is 32.2. The molecular formula is C9H12N4O2S. The molecule has 0 bridgehead atoms. The van der Waals surface area contributed by atoms with Crippen LogP contribution in [0.25, 0.3) is 0 Å². The first kappa shape index (κ1) is 11.1. The van der Waals surface area contributed by atoms with Crippen molar-refractivity contribution in [3.8, 4) is 6.07 Å². The van der Waals surface area contributed by atoms with E-state index in [2.05, 4.69) is 9.82 Å². The van der Waals surface area contributed by atoms with Crippen LogP contribution >= 0.6 is 0 Å². The highest BCUT2D eigenvalue weighted by Crippen LogP contribution is 2.32. The fourth-order valence-corrected chi connectivity index (χ4v) is 2.62. The third-order valence-corrected chi connectivity index (χ3v) is 3.90. The molecule has 1 aromatic rings. The van der Waals surface area contributed by atoms with Gasteiger partial charge in [0.25, 0.3) is 0 Å². The molecule has 1 aromatic heterocycles. The maximum Gasteiger partial charge on any atom is 0.244 e. The Morgan fingerprint density at radius 1 is 1.69 bits per heavy atom. The Kier molecular flexibility index (Phi) is 2.69. The molecule has 0 saturated heterocycles. The smallest absolute Gasteiger partial charge is 0.244 e. The Bertz CT molecular complexity index is 524. The molecule has 0 aliphatic heterocycles. The van der Waals surface area contributed by atoms with Crippen LogP contribution in [0.4, 0.5) is 0 Å². The molecule has 0 aromatic carbocycles. The van der Waals surface area contributed by atoms with Crippen LogP contribution in [0.15, 0.2) is 17.3 Å². The van der Waals surface area contributed by atoms with E-state index in [0.29, 0.717) is 0 Å². The van der Waals surface area contributed by atoms with E-state index >= 15 is 0 Å². The summed E-state index contributed by atoms with van der Waals surface area (Å²) in [6.45, 7) is 0. The van der Waals surface area contributed by atoms with Crippen molar-refractivity contribution < 1.29 is 8.42 Å². The standard InChI is InChI=1S/C9H12N4O2S/c1-13-6-8(5-11-13)16(14,15)12-9(4-10)7-2-3-7/h5-7,9,12H,2-3H2,1H3. The molecule has 7 heteroatoms. The van der Waals surface area contributed by atoms with Crippen LogP contribution in [0.5, 0.6) is 0 Å². The van der Waals surface area contributed by atoms with Gasteiger partial charge in [-0.2, -0.15) is 15.1 Å². The molecule has 1 aliphatic carbocycles. The van der Waals surface area contributed by atoms with Crippen molar-refractivity contribution in [2.24, 2.45) is 13.0 Å². The molecule has 16 heavy (non-hydrogen) atoms. The van der Waals surface area contributed by atoms with E-state index in [1.54, 1.807) is 7.05 Å². The summed E-state index contributed by atoms with van der Waals surface area (Å²) in [5.74, 6) is 0.163. The molecule has 0 spiro atoms. The van der Waals surface area contributed by atoms with Crippen molar-refractivity contribution in [2.75, 3.05) is 0 Å². The summed E-state index contributed by atoms with van der Waals surface area (Å²) < 4.78 is 27.5. The molecule has 1 unspecified atom stereocenters. The highest BCUT2D eigenvalue weighted by Gasteiger charge is 2.34. The van der Waals surface area contributed by atoms with Crippen LogP contribution in [-0.4, -0.2) is 24.2 Å². The number of nitrogens with one attached hydrogen (secondary N) is 1. The Balaban J connectivity index is 2.17. The van der Waals surface area contributed by atoms with E-state index in [9.17, 15) is 8.42 Å². The zero-order valence-electron chi connectivity index (χ0n) is 8.79. The summed E-state index contributed by atoms with van der Waals surface area (Å²) in [6, 6.07) is 1.36. The minimum atomic E-state index is -3.61.